The standard InChI is InChI=1S/C27H34N4O3S/c32-24(11-10-20-6-1-2-7-20)30-16-12-21(13-17-30)27(23-9-3-4-15-28-23)25(33)31(26(34)29-27)18-14-22-8-5-19-35-22/h3-5,8-9,15,19-21H,1-2,6-7,10-14,16-18H2,(H,29,34)/t27-/m0/s1. The number of likely N-dealkylation sites (tertiary alicyclic amines) is 1. The van der Waals surface area contributed by atoms with Crippen LogP contribution in [0.4, 0.5) is 4.79 Å². The molecule has 0 radical (unpaired) electrons. The lowest BCUT2D eigenvalue weighted by Gasteiger charge is -2.40. The van der Waals surface area contributed by atoms with Crippen molar-refractivity contribution in [2.75, 3.05) is 19.6 Å². The molecule has 186 valence electrons. The van der Waals surface area contributed by atoms with Crippen LogP contribution in [-0.2, 0) is 21.5 Å². The summed E-state index contributed by atoms with van der Waals surface area (Å²) < 4.78 is 0. The Morgan fingerprint density at radius 3 is 2.57 bits per heavy atom. The number of urea groups is 1. The molecule has 1 saturated carbocycles. The maximum Gasteiger partial charge on any atom is 0.325 e. The summed E-state index contributed by atoms with van der Waals surface area (Å²) in [5, 5.41) is 5.07. The zero-order valence-corrected chi connectivity index (χ0v) is 21.0. The first-order valence-electron chi connectivity index (χ1n) is 12.9. The molecular weight excluding hydrogens is 460 g/mol. The van der Waals surface area contributed by atoms with Gasteiger partial charge in [-0.1, -0.05) is 37.8 Å². The molecule has 2 aliphatic heterocycles. The van der Waals surface area contributed by atoms with Crippen LogP contribution in [0, 0.1) is 11.8 Å². The van der Waals surface area contributed by atoms with Gasteiger partial charge in [-0.3, -0.25) is 19.5 Å². The third-order valence-corrected chi connectivity index (χ3v) is 9.00. The van der Waals surface area contributed by atoms with Gasteiger partial charge in [-0.25, -0.2) is 4.79 Å². The van der Waals surface area contributed by atoms with Gasteiger partial charge in [-0.15, -0.1) is 11.3 Å². The number of pyridine rings is 1. The van der Waals surface area contributed by atoms with Crippen LogP contribution < -0.4 is 5.32 Å². The van der Waals surface area contributed by atoms with E-state index in [0.717, 1.165) is 11.3 Å². The second kappa shape index (κ2) is 10.5. The van der Waals surface area contributed by atoms with Crippen LogP contribution in [0.15, 0.2) is 41.9 Å². The Hall–Kier alpha value is -2.74. The molecule has 3 aliphatic rings. The number of carbonyl (C=O) groups excluding carboxylic acids is 3. The monoisotopic (exact) mass is 494 g/mol. The highest BCUT2D eigenvalue weighted by atomic mass is 32.1. The number of rotatable bonds is 8. The van der Waals surface area contributed by atoms with E-state index in [4.69, 9.17) is 0 Å². The normalized spacial score (nSPS) is 23.8. The number of nitrogens with zero attached hydrogens (tertiary/aromatic N) is 3. The number of piperidine rings is 1. The molecule has 5 rings (SSSR count). The van der Waals surface area contributed by atoms with Crippen LogP contribution in [0.3, 0.4) is 0 Å². The predicted molar refractivity (Wildman–Crippen MR) is 135 cm³/mol. The number of nitrogens with one attached hydrogen (secondary N) is 1. The molecule has 4 heterocycles. The van der Waals surface area contributed by atoms with Crippen LogP contribution in [-0.4, -0.2) is 52.3 Å². The summed E-state index contributed by atoms with van der Waals surface area (Å²) in [4.78, 5) is 48.8. The Kier molecular flexibility index (Phi) is 7.18. The summed E-state index contributed by atoms with van der Waals surface area (Å²) in [5.74, 6) is 0.597. The van der Waals surface area contributed by atoms with Crippen molar-refractivity contribution in [1.29, 1.82) is 0 Å². The van der Waals surface area contributed by atoms with Gasteiger partial charge < -0.3 is 10.2 Å². The fourth-order valence-corrected chi connectivity index (χ4v) is 6.77. The summed E-state index contributed by atoms with van der Waals surface area (Å²) in [6.45, 7) is 1.57. The highest BCUT2D eigenvalue weighted by molar-refractivity contribution is 7.09. The Morgan fingerprint density at radius 2 is 1.89 bits per heavy atom. The molecule has 0 bridgehead atoms. The Labute approximate surface area is 210 Å². The summed E-state index contributed by atoms with van der Waals surface area (Å²) in [7, 11) is 0. The van der Waals surface area contributed by atoms with Gasteiger partial charge in [0, 0.05) is 43.0 Å². The molecule has 1 atom stereocenters. The van der Waals surface area contributed by atoms with Gasteiger partial charge in [0.25, 0.3) is 5.91 Å². The quantitative estimate of drug-likeness (QED) is 0.554. The molecule has 0 spiro atoms. The number of carbonyl (C=O) groups is 3. The minimum absolute atomic E-state index is 0.112. The van der Waals surface area contributed by atoms with E-state index < -0.39 is 5.54 Å². The third-order valence-electron chi connectivity index (χ3n) is 8.06. The Balaban J connectivity index is 1.29. The van der Waals surface area contributed by atoms with Crippen molar-refractivity contribution in [3.05, 3.63) is 52.5 Å². The van der Waals surface area contributed by atoms with E-state index in [0.29, 0.717) is 56.9 Å². The molecule has 2 aromatic rings. The van der Waals surface area contributed by atoms with Crippen molar-refractivity contribution in [2.24, 2.45) is 11.8 Å². The number of amides is 4. The number of aromatic nitrogens is 1. The van der Waals surface area contributed by atoms with Gasteiger partial charge in [0.15, 0.2) is 5.54 Å². The van der Waals surface area contributed by atoms with Crippen LogP contribution in [0.1, 0.15) is 61.9 Å². The molecule has 0 unspecified atom stereocenters. The number of thiophene rings is 1. The number of hydrogen-bond acceptors (Lipinski definition) is 5. The van der Waals surface area contributed by atoms with E-state index in [1.54, 1.807) is 17.5 Å². The van der Waals surface area contributed by atoms with E-state index in [2.05, 4.69) is 10.3 Å². The molecule has 3 fully saturated rings. The highest BCUT2D eigenvalue weighted by Gasteiger charge is 2.58. The molecular formula is C27H34N4O3S. The third kappa shape index (κ3) is 4.85. The van der Waals surface area contributed by atoms with Crippen molar-refractivity contribution in [1.82, 2.24) is 20.1 Å². The molecule has 2 aromatic heterocycles. The first-order valence-corrected chi connectivity index (χ1v) is 13.8. The Morgan fingerprint density at radius 1 is 1.09 bits per heavy atom. The fraction of sp³-hybridized carbons (Fsp3) is 0.556. The van der Waals surface area contributed by atoms with Crippen molar-refractivity contribution in [2.45, 2.75) is 63.3 Å². The molecule has 7 nitrogen and oxygen atoms in total. The summed E-state index contributed by atoms with van der Waals surface area (Å²) in [5.41, 5.74) is -0.588. The van der Waals surface area contributed by atoms with Gasteiger partial charge in [-0.2, -0.15) is 0 Å². The highest BCUT2D eigenvalue weighted by Crippen LogP contribution is 2.41. The lowest BCUT2D eigenvalue weighted by Crippen LogP contribution is -2.54. The van der Waals surface area contributed by atoms with Gasteiger partial charge in [0.05, 0.1) is 5.69 Å². The van der Waals surface area contributed by atoms with Crippen LogP contribution in [0.5, 0.6) is 0 Å². The lowest BCUT2D eigenvalue weighted by atomic mass is 9.75. The van der Waals surface area contributed by atoms with E-state index in [1.807, 2.05) is 40.6 Å². The van der Waals surface area contributed by atoms with E-state index >= 15 is 0 Å². The van der Waals surface area contributed by atoms with Crippen molar-refractivity contribution < 1.29 is 14.4 Å². The van der Waals surface area contributed by atoms with E-state index in [9.17, 15) is 14.4 Å². The maximum absolute atomic E-state index is 13.9. The first-order chi connectivity index (χ1) is 17.1. The SMILES string of the molecule is O=C(CCC1CCCC1)N1CCC([C@@]2(c3ccccn3)NC(=O)N(CCc3cccs3)C2=O)CC1. The zero-order valence-electron chi connectivity index (χ0n) is 20.2. The van der Waals surface area contributed by atoms with Gasteiger partial charge in [0.1, 0.15) is 0 Å². The molecule has 8 heteroatoms. The van der Waals surface area contributed by atoms with E-state index in [-0.39, 0.29) is 23.8 Å². The van der Waals surface area contributed by atoms with Crippen molar-refractivity contribution in [3.8, 4) is 0 Å². The van der Waals surface area contributed by atoms with Crippen LogP contribution in [0.25, 0.3) is 0 Å². The van der Waals surface area contributed by atoms with Crippen molar-refractivity contribution >= 4 is 29.2 Å². The number of imide groups is 1. The van der Waals surface area contributed by atoms with Gasteiger partial charge >= 0.3 is 6.03 Å². The number of hydrogen-bond donors (Lipinski definition) is 1. The summed E-state index contributed by atoms with van der Waals surface area (Å²) >= 11 is 1.63. The van der Waals surface area contributed by atoms with Crippen molar-refractivity contribution in [3.63, 3.8) is 0 Å². The van der Waals surface area contributed by atoms with Gasteiger partial charge in [0.2, 0.25) is 5.91 Å². The molecule has 1 aliphatic carbocycles. The molecule has 35 heavy (non-hydrogen) atoms. The molecule has 2 saturated heterocycles. The largest absolute Gasteiger partial charge is 0.343 e. The minimum Gasteiger partial charge on any atom is -0.343 e. The average molecular weight is 495 g/mol. The molecule has 1 N–H and O–H groups in total. The topological polar surface area (TPSA) is 82.6 Å². The van der Waals surface area contributed by atoms with E-state index in [1.165, 1.54) is 30.6 Å². The predicted octanol–water partition coefficient (Wildman–Crippen LogP) is 4.34. The van der Waals surface area contributed by atoms with Crippen LogP contribution >= 0.6 is 11.3 Å². The molecule has 4 amide bonds. The lowest BCUT2D eigenvalue weighted by molar-refractivity contribution is -0.136. The first kappa shape index (κ1) is 24.0. The Bertz CT molecular complexity index is 1030. The summed E-state index contributed by atoms with van der Waals surface area (Å²) in [6, 6.07) is 9.16. The average Bonchev–Trinajstić information content (AvgIpc) is 3.65. The van der Waals surface area contributed by atoms with Crippen LogP contribution in [0.2, 0.25) is 0 Å². The smallest absolute Gasteiger partial charge is 0.325 e. The minimum atomic E-state index is -1.17. The second-order valence-corrected chi connectivity index (χ2v) is 11.1. The molecule has 0 aromatic carbocycles. The maximum atomic E-state index is 13.9. The zero-order chi connectivity index (χ0) is 24.3. The fourth-order valence-electron chi connectivity index (χ4n) is 6.08. The van der Waals surface area contributed by atoms with Gasteiger partial charge in [-0.05, 0) is 55.2 Å². The summed E-state index contributed by atoms with van der Waals surface area (Å²) in [6.07, 6.45) is 10.4. The second-order valence-electron chi connectivity index (χ2n) is 10.1.